The molecule has 0 bridgehead atoms. The topological polar surface area (TPSA) is 155 Å². The second-order valence-electron chi connectivity index (χ2n) is 10.9. The Kier molecular flexibility index (Phi) is 9.81. The zero-order chi connectivity index (χ0) is 30.5. The molecule has 232 valence electrons. The molecule has 2 saturated heterocycles. The van der Waals surface area contributed by atoms with Gasteiger partial charge in [-0.05, 0) is 61.7 Å². The Morgan fingerprint density at radius 3 is 2.53 bits per heavy atom. The van der Waals surface area contributed by atoms with Crippen LogP contribution in [0.25, 0.3) is 11.3 Å². The maximum Gasteiger partial charge on any atom is 0.243 e. The first-order valence-corrected chi connectivity index (χ1v) is 17.3. The fraction of sp³-hybridized carbons (Fsp3) is 0.433. The average molecular weight is 632 g/mol. The third-order valence-corrected chi connectivity index (χ3v) is 11.5. The van der Waals surface area contributed by atoms with Crippen LogP contribution < -0.4 is 10.1 Å². The summed E-state index contributed by atoms with van der Waals surface area (Å²) in [6, 6.07) is 18.4. The third kappa shape index (κ3) is 7.60. The van der Waals surface area contributed by atoms with E-state index in [2.05, 4.69) is 10.3 Å². The molecule has 3 N–H and O–H groups in total. The summed E-state index contributed by atoms with van der Waals surface area (Å²) in [5.41, 5.74) is 1.04. The fourth-order valence-corrected chi connectivity index (χ4v) is 8.05. The van der Waals surface area contributed by atoms with Crippen molar-refractivity contribution in [1.82, 2.24) is 14.6 Å². The van der Waals surface area contributed by atoms with E-state index in [1.807, 2.05) is 24.3 Å². The van der Waals surface area contributed by atoms with Crippen molar-refractivity contribution in [3.05, 3.63) is 72.9 Å². The van der Waals surface area contributed by atoms with Crippen LogP contribution in [0.4, 0.5) is 0 Å². The number of hydrogen-bond donors (Lipinski definition) is 3. The van der Waals surface area contributed by atoms with Crippen molar-refractivity contribution in [2.24, 2.45) is 0 Å². The van der Waals surface area contributed by atoms with E-state index in [-0.39, 0.29) is 34.7 Å². The molecule has 43 heavy (non-hydrogen) atoms. The Morgan fingerprint density at radius 2 is 1.79 bits per heavy atom. The van der Waals surface area contributed by atoms with Crippen molar-refractivity contribution < 1.29 is 36.5 Å². The Bertz CT molecular complexity index is 1590. The van der Waals surface area contributed by atoms with Gasteiger partial charge in [0, 0.05) is 37.4 Å². The van der Waals surface area contributed by atoms with Gasteiger partial charge in [0.2, 0.25) is 10.0 Å². The van der Waals surface area contributed by atoms with Crippen LogP contribution in [-0.2, 0) is 24.6 Å². The Morgan fingerprint density at radius 1 is 1.02 bits per heavy atom. The monoisotopic (exact) mass is 631 g/mol. The lowest BCUT2D eigenvalue weighted by Crippen LogP contribution is -2.47. The number of sulfone groups is 1. The summed E-state index contributed by atoms with van der Waals surface area (Å²) in [7, 11) is -7.28. The van der Waals surface area contributed by atoms with Gasteiger partial charge in [-0.1, -0.05) is 24.3 Å². The first-order chi connectivity index (χ1) is 20.6. The predicted molar refractivity (Wildman–Crippen MR) is 160 cm³/mol. The number of aromatic nitrogens is 1. The number of nitrogens with one attached hydrogen (secondary N) is 1. The van der Waals surface area contributed by atoms with Crippen LogP contribution in [0, 0.1) is 0 Å². The predicted octanol–water partition coefficient (Wildman–Crippen LogP) is 1.86. The van der Waals surface area contributed by atoms with Gasteiger partial charge in [-0.15, -0.1) is 0 Å². The van der Waals surface area contributed by atoms with E-state index in [0.29, 0.717) is 50.4 Å². The zero-order valence-electron chi connectivity index (χ0n) is 23.7. The standard InChI is InChI=1S/C30H37N3O8S2/c34-15-16-42(36,37)27-7-4-6-26(18-27)40-22-25(35)20-32-24-19-30(41-21-24)10-13-33(14-11-30)43(38,39)28-8-3-5-23(17-28)29-9-1-2-12-31-29/h1-9,12,17-18,24-25,32,34-35H,10-11,13-16,19-22H2. The minimum absolute atomic E-state index is 0.000172. The van der Waals surface area contributed by atoms with E-state index in [1.165, 1.54) is 16.4 Å². The molecule has 0 saturated carbocycles. The van der Waals surface area contributed by atoms with Gasteiger partial charge in [-0.2, -0.15) is 4.31 Å². The molecule has 1 aromatic heterocycles. The smallest absolute Gasteiger partial charge is 0.243 e. The lowest BCUT2D eigenvalue weighted by Gasteiger charge is -2.38. The van der Waals surface area contributed by atoms with Crippen molar-refractivity contribution in [3.8, 4) is 17.0 Å². The summed E-state index contributed by atoms with van der Waals surface area (Å²) in [6.45, 7) is 0.905. The number of rotatable bonds is 12. The molecular formula is C30H37N3O8S2. The molecule has 0 radical (unpaired) electrons. The molecule has 11 nitrogen and oxygen atoms in total. The summed E-state index contributed by atoms with van der Waals surface area (Å²) in [6.07, 6.45) is 2.69. The molecular weight excluding hydrogens is 594 g/mol. The highest BCUT2D eigenvalue weighted by atomic mass is 32.2. The van der Waals surface area contributed by atoms with Crippen molar-refractivity contribution in [3.63, 3.8) is 0 Å². The van der Waals surface area contributed by atoms with Crippen LogP contribution >= 0.6 is 0 Å². The number of aliphatic hydroxyl groups excluding tert-OH is 2. The average Bonchev–Trinajstić information content (AvgIpc) is 3.41. The molecule has 2 unspecified atom stereocenters. The van der Waals surface area contributed by atoms with Crippen LogP contribution in [0.2, 0.25) is 0 Å². The number of nitrogens with zero attached hydrogens (tertiary/aromatic N) is 2. The Labute approximate surface area is 252 Å². The van der Waals surface area contributed by atoms with Gasteiger partial charge in [-0.25, -0.2) is 16.8 Å². The second kappa shape index (κ2) is 13.4. The molecule has 3 aromatic rings. The number of pyridine rings is 1. The van der Waals surface area contributed by atoms with E-state index in [9.17, 15) is 21.9 Å². The van der Waals surface area contributed by atoms with E-state index >= 15 is 0 Å². The number of sulfonamides is 1. The highest BCUT2D eigenvalue weighted by molar-refractivity contribution is 7.91. The van der Waals surface area contributed by atoms with Crippen molar-refractivity contribution in [2.75, 3.05) is 45.2 Å². The van der Waals surface area contributed by atoms with Crippen LogP contribution in [0.3, 0.4) is 0 Å². The fourth-order valence-electron chi connectivity index (χ4n) is 5.51. The molecule has 2 aliphatic heterocycles. The molecule has 3 heterocycles. The number of benzene rings is 2. The second-order valence-corrected chi connectivity index (χ2v) is 15.0. The van der Waals surface area contributed by atoms with Crippen LogP contribution in [0.15, 0.2) is 82.7 Å². The molecule has 2 atom stereocenters. The molecule has 0 amide bonds. The number of hydrogen-bond acceptors (Lipinski definition) is 10. The molecule has 5 rings (SSSR count). The van der Waals surface area contributed by atoms with E-state index in [0.717, 1.165) is 5.56 Å². The minimum atomic E-state index is -3.67. The van der Waals surface area contributed by atoms with Crippen LogP contribution in [0.1, 0.15) is 19.3 Å². The summed E-state index contributed by atoms with van der Waals surface area (Å²) in [5.74, 6) is -0.0612. The van der Waals surface area contributed by atoms with E-state index < -0.39 is 38.2 Å². The van der Waals surface area contributed by atoms with Crippen molar-refractivity contribution in [1.29, 1.82) is 0 Å². The van der Waals surface area contributed by atoms with Gasteiger partial charge in [0.1, 0.15) is 18.5 Å². The highest BCUT2D eigenvalue weighted by Crippen LogP contribution is 2.37. The first-order valence-electron chi connectivity index (χ1n) is 14.2. The maximum absolute atomic E-state index is 13.4. The quantitative estimate of drug-likeness (QED) is 0.270. The summed E-state index contributed by atoms with van der Waals surface area (Å²) in [5, 5.41) is 22.7. The molecule has 0 aliphatic carbocycles. The van der Waals surface area contributed by atoms with E-state index in [1.54, 1.807) is 36.5 Å². The SMILES string of the molecule is O=S(=O)(CCO)c1cccc(OCC(O)CNC2COC3(CCN(S(=O)(=O)c4cccc(-c5ccccn5)c4)CC3)C2)c1. The van der Waals surface area contributed by atoms with Gasteiger partial charge in [0.25, 0.3) is 0 Å². The number of aliphatic hydroxyl groups is 2. The summed E-state index contributed by atoms with van der Waals surface area (Å²) >= 11 is 0. The van der Waals surface area contributed by atoms with Gasteiger partial charge in [-0.3, -0.25) is 4.98 Å². The van der Waals surface area contributed by atoms with Crippen LogP contribution in [-0.4, -0.2) is 99.3 Å². The minimum Gasteiger partial charge on any atom is -0.491 e. The molecule has 13 heteroatoms. The normalized spacial score (nSPS) is 19.8. The van der Waals surface area contributed by atoms with Crippen molar-refractivity contribution in [2.45, 2.75) is 46.8 Å². The molecule has 2 fully saturated rings. The Balaban J connectivity index is 1.09. The van der Waals surface area contributed by atoms with Gasteiger partial charge in [0.05, 0.1) is 40.1 Å². The zero-order valence-corrected chi connectivity index (χ0v) is 25.3. The van der Waals surface area contributed by atoms with Gasteiger partial charge >= 0.3 is 0 Å². The van der Waals surface area contributed by atoms with Gasteiger partial charge < -0.3 is 25.0 Å². The molecule has 2 aromatic carbocycles. The third-order valence-electron chi connectivity index (χ3n) is 7.88. The van der Waals surface area contributed by atoms with Crippen LogP contribution in [0.5, 0.6) is 5.75 Å². The summed E-state index contributed by atoms with van der Waals surface area (Å²) < 4.78 is 64.6. The van der Waals surface area contributed by atoms with Crippen molar-refractivity contribution >= 4 is 19.9 Å². The number of ether oxygens (including phenoxy) is 2. The lowest BCUT2D eigenvalue weighted by molar-refractivity contribution is -0.0312. The Hall–Kier alpha value is -2.91. The highest BCUT2D eigenvalue weighted by Gasteiger charge is 2.44. The van der Waals surface area contributed by atoms with E-state index in [4.69, 9.17) is 14.6 Å². The largest absolute Gasteiger partial charge is 0.491 e. The number of piperidine rings is 1. The lowest BCUT2D eigenvalue weighted by atomic mass is 9.88. The van der Waals surface area contributed by atoms with Gasteiger partial charge in [0.15, 0.2) is 9.84 Å². The molecule has 1 spiro atoms. The summed E-state index contributed by atoms with van der Waals surface area (Å²) in [4.78, 5) is 4.62. The first kappa shape index (κ1) is 31.5. The molecule has 2 aliphatic rings. The maximum atomic E-state index is 13.4.